The van der Waals surface area contributed by atoms with Crippen LogP contribution < -0.4 is 9.62 Å². The highest BCUT2D eigenvalue weighted by atomic mass is 32.2. The number of piperidine rings is 1. The molecule has 2 aliphatic rings. The van der Waals surface area contributed by atoms with E-state index in [-0.39, 0.29) is 11.6 Å². The van der Waals surface area contributed by atoms with Gasteiger partial charge in [0.1, 0.15) is 16.7 Å². The fourth-order valence-electron chi connectivity index (χ4n) is 5.09. The largest absolute Gasteiger partial charge is 0.481 e. The van der Waals surface area contributed by atoms with Crippen molar-refractivity contribution in [2.24, 2.45) is 5.41 Å². The topological polar surface area (TPSA) is 78.4 Å². The molecule has 1 saturated carbocycles. The average Bonchev–Trinajstić information content (AvgIpc) is 2.86. The molecule has 0 spiro atoms. The first kappa shape index (κ1) is 26.3. The van der Waals surface area contributed by atoms with Crippen molar-refractivity contribution in [2.45, 2.75) is 56.1 Å². The van der Waals surface area contributed by atoms with E-state index in [9.17, 15) is 23.1 Å². The highest BCUT2D eigenvalue weighted by Crippen LogP contribution is 2.44. The van der Waals surface area contributed by atoms with Crippen LogP contribution >= 0.6 is 11.9 Å². The number of carbonyl (C=O) groups is 1. The van der Waals surface area contributed by atoms with Crippen LogP contribution in [0.2, 0.25) is 0 Å². The maximum Gasteiger partial charge on any atom is 0.418 e. The number of alkyl halides is 3. The van der Waals surface area contributed by atoms with Gasteiger partial charge in [-0.2, -0.15) is 13.2 Å². The lowest BCUT2D eigenvalue weighted by Crippen LogP contribution is -2.46. The van der Waals surface area contributed by atoms with Crippen LogP contribution in [0.5, 0.6) is 0 Å². The number of aliphatic carboxylic acids is 1. The maximum absolute atomic E-state index is 14.0. The molecule has 1 unspecified atom stereocenters. The average molecular weight is 543 g/mol. The SMILES string of the molecule is CC1(C(=O)O)CCCN(c2cccc(SNc3ccc(C(F)(F)F)c(-c4ccccc4C4CCC4)n3)n2)C1. The lowest BCUT2D eigenvalue weighted by atomic mass is 9.77. The molecule has 2 N–H and O–H groups in total. The molecule has 200 valence electrons. The molecule has 10 heteroatoms. The van der Waals surface area contributed by atoms with E-state index in [0.717, 1.165) is 49.3 Å². The molecule has 6 nitrogen and oxygen atoms in total. The van der Waals surface area contributed by atoms with Crippen molar-refractivity contribution in [1.29, 1.82) is 0 Å². The molecule has 1 saturated heterocycles. The molecule has 0 bridgehead atoms. The Balaban J connectivity index is 1.38. The molecule has 5 rings (SSSR count). The molecule has 38 heavy (non-hydrogen) atoms. The van der Waals surface area contributed by atoms with Gasteiger partial charge in [0, 0.05) is 30.6 Å². The van der Waals surface area contributed by atoms with Gasteiger partial charge in [-0.3, -0.25) is 4.79 Å². The molecule has 1 aromatic carbocycles. The molecule has 0 amide bonds. The van der Waals surface area contributed by atoms with Gasteiger partial charge in [0.2, 0.25) is 0 Å². The molecule has 0 radical (unpaired) electrons. The van der Waals surface area contributed by atoms with Crippen molar-refractivity contribution in [1.82, 2.24) is 9.97 Å². The first-order valence-corrected chi connectivity index (χ1v) is 13.5. The van der Waals surface area contributed by atoms with Crippen LogP contribution in [0.4, 0.5) is 24.8 Å². The zero-order valence-electron chi connectivity index (χ0n) is 21.0. The fourth-order valence-corrected chi connectivity index (χ4v) is 5.70. The zero-order chi connectivity index (χ0) is 26.9. The van der Waals surface area contributed by atoms with Gasteiger partial charge in [-0.1, -0.05) is 36.8 Å². The van der Waals surface area contributed by atoms with Crippen LogP contribution in [-0.4, -0.2) is 34.1 Å². The Hall–Kier alpha value is -3.27. The molecular weight excluding hydrogens is 513 g/mol. The van der Waals surface area contributed by atoms with Crippen LogP contribution in [0.1, 0.15) is 56.1 Å². The van der Waals surface area contributed by atoms with Gasteiger partial charge in [-0.05, 0) is 68.4 Å². The van der Waals surface area contributed by atoms with E-state index in [1.165, 1.54) is 6.07 Å². The minimum absolute atomic E-state index is 0.0754. The first-order valence-electron chi connectivity index (χ1n) is 12.7. The van der Waals surface area contributed by atoms with E-state index in [2.05, 4.69) is 14.7 Å². The predicted molar refractivity (Wildman–Crippen MR) is 142 cm³/mol. The standard InChI is InChI=1S/C28H29F3N4O2S/c1-27(26(36)37)15-6-16-35(17-27)23-11-5-12-24(33-23)38-34-22-14-13-21(28(29,30)31)25(32-22)20-10-3-2-9-19(20)18-7-4-8-18/h2-3,5,9-14,18H,4,6-8,15-17H2,1H3,(H,32,34)(H,36,37). The molecule has 2 fully saturated rings. The summed E-state index contributed by atoms with van der Waals surface area (Å²) in [6.45, 7) is 2.82. The normalized spacial score (nSPS) is 20.2. The quantitative estimate of drug-likeness (QED) is 0.305. The number of aromatic nitrogens is 2. The molecule has 2 aromatic heterocycles. The third-order valence-electron chi connectivity index (χ3n) is 7.47. The van der Waals surface area contributed by atoms with Crippen molar-refractivity contribution in [3.63, 3.8) is 0 Å². The van der Waals surface area contributed by atoms with E-state index < -0.39 is 23.1 Å². The molecule has 1 atom stereocenters. The summed E-state index contributed by atoms with van der Waals surface area (Å²) >= 11 is 1.15. The van der Waals surface area contributed by atoms with Crippen LogP contribution in [0.25, 0.3) is 11.3 Å². The van der Waals surface area contributed by atoms with E-state index in [1.54, 1.807) is 25.1 Å². The Kier molecular flexibility index (Phi) is 7.26. The van der Waals surface area contributed by atoms with Crippen molar-refractivity contribution in [3.8, 4) is 11.3 Å². The highest BCUT2D eigenvalue weighted by Gasteiger charge is 2.38. The third-order valence-corrected chi connectivity index (χ3v) is 8.22. The summed E-state index contributed by atoms with van der Waals surface area (Å²) in [6.07, 6.45) is -0.153. The second kappa shape index (κ2) is 10.5. The van der Waals surface area contributed by atoms with Gasteiger partial charge in [-0.25, -0.2) is 9.97 Å². The molecule has 1 aliphatic carbocycles. The zero-order valence-corrected chi connectivity index (χ0v) is 21.8. The number of hydrogen-bond donors (Lipinski definition) is 2. The van der Waals surface area contributed by atoms with E-state index in [1.807, 2.05) is 29.2 Å². The lowest BCUT2D eigenvalue weighted by molar-refractivity contribution is -0.148. The Morgan fingerprint density at radius 1 is 1.08 bits per heavy atom. The number of rotatable bonds is 7. The predicted octanol–water partition coefficient (Wildman–Crippen LogP) is 7.24. The summed E-state index contributed by atoms with van der Waals surface area (Å²) in [5, 5.41) is 10.2. The van der Waals surface area contributed by atoms with Gasteiger partial charge in [0.05, 0.1) is 16.7 Å². The number of nitrogens with zero attached hydrogens (tertiary/aromatic N) is 3. The molecule has 1 aliphatic heterocycles. The number of hydrogen-bond acceptors (Lipinski definition) is 6. The summed E-state index contributed by atoms with van der Waals surface area (Å²) in [5.74, 6) is 0.395. The third kappa shape index (κ3) is 5.45. The van der Waals surface area contributed by atoms with Crippen LogP contribution in [-0.2, 0) is 11.0 Å². The van der Waals surface area contributed by atoms with E-state index in [4.69, 9.17) is 0 Å². The van der Waals surface area contributed by atoms with Gasteiger partial charge >= 0.3 is 12.1 Å². The summed E-state index contributed by atoms with van der Waals surface area (Å²) in [5.41, 5.74) is -0.242. The second-order valence-corrected chi connectivity index (χ2v) is 11.1. The van der Waals surface area contributed by atoms with Crippen LogP contribution in [0, 0.1) is 5.41 Å². The number of carboxylic acid groups (broad SMARTS) is 1. The molecular formula is C28H29F3N4O2S. The fraction of sp³-hybridized carbons (Fsp3) is 0.393. The molecule has 3 aromatic rings. The van der Waals surface area contributed by atoms with Gasteiger partial charge < -0.3 is 14.7 Å². The second-order valence-electron chi connectivity index (χ2n) is 10.2. The Morgan fingerprint density at radius 2 is 1.87 bits per heavy atom. The molecule has 3 heterocycles. The van der Waals surface area contributed by atoms with E-state index in [0.29, 0.717) is 41.7 Å². The Bertz CT molecular complexity index is 1330. The van der Waals surface area contributed by atoms with Crippen molar-refractivity contribution < 1.29 is 23.1 Å². The number of benzene rings is 1. The number of nitrogens with one attached hydrogen (secondary N) is 1. The van der Waals surface area contributed by atoms with Crippen LogP contribution in [0.15, 0.2) is 59.6 Å². The van der Waals surface area contributed by atoms with Crippen molar-refractivity contribution in [2.75, 3.05) is 22.7 Å². The van der Waals surface area contributed by atoms with E-state index >= 15 is 0 Å². The van der Waals surface area contributed by atoms with Gasteiger partial charge in [0.25, 0.3) is 0 Å². The summed E-state index contributed by atoms with van der Waals surface area (Å²) in [6, 6.07) is 15.1. The summed E-state index contributed by atoms with van der Waals surface area (Å²) in [4.78, 5) is 22.8. The number of carboxylic acids is 1. The first-order chi connectivity index (χ1) is 18.1. The number of anilines is 2. The monoisotopic (exact) mass is 542 g/mol. The number of pyridine rings is 2. The summed E-state index contributed by atoms with van der Waals surface area (Å²) < 4.78 is 44.9. The Labute approximate surface area is 223 Å². The van der Waals surface area contributed by atoms with Crippen molar-refractivity contribution in [3.05, 3.63) is 65.7 Å². The Morgan fingerprint density at radius 3 is 2.58 bits per heavy atom. The summed E-state index contributed by atoms with van der Waals surface area (Å²) in [7, 11) is 0. The lowest BCUT2D eigenvalue weighted by Gasteiger charge is -2.38. The smallest absolute Gasteiger partial charge is 0.418 e. The minimum atomic E-state index is -4.53. The maximum atomic E-state index is 14.0. The highest BCUT2D eigenvalue weighted by molar-refractivity contribution is 8.00. The van der Waals surface area contributed by atoms with Gasteiger partial charge in [-0.15, -0.1) is 0 Å². The van der Waals surface area contributed by atoms with Gasteiger partial charge in [0.15, 0.2) is 0 Å². The van der Waals surface area contributed by atoms with Crippen LogP contribution in [0.3, 0.4) is 0 Å². The number of halogens is 3. The minimum Gasteiger partial charge on any atom is -0.481 e. The van der Waals surface area contributed by atoms with Crippen molar-refractivity contribution >= 4 is 29.6 Å².